The van der Waals surface area contributed by atoms with Crippen molar-refractivity contribution in [3.63, 3.8) is 0 Å². The van der Waals surface area contributed by atoms with Gasteiger partial charge in [0.25, 0.3) is 5.91 Å². The van der Waals surface area contributed by atoms with E-state index in [2.05, 4.69) is 5.32 Å². The summed E-state index contributed by atoms with van der Waals surface area (Å²) in [5.74, 6) is -0.301. The van der Waals surface area contributed by atoms with Crippen molar-refractivity contribution in [3.8, 4) is 11.5 Å². The number of amides is 1. The first-order chi connectivity index (χ1) is 12.6. The highest BCUT2D eigenvalue weighted by atomic mass is 32.2. The van der Waals surface area contributed by atoms with Gasteiger partial charge in [-0.2, -0.15) is 0 Å². The molecule has 1 amide bonds. The van der Waals surface area contributed by atoms with Gasteiger partial charge in [-0.25, -0.2) is 17.1 Å². The average molecular weight is 396 g/mol. The van der Waals surface area contributed by atoms with Crippen molar-refractivity contribution >= 4 is 21.6 Å². The molecule has 0 radical (unpaired) electrons. The highest BCUT2D eigenvalue weighted by molar-refractivity contribution is 7.89. The van der Waals surface area contributed by atoms with E-state index < -0.39 is 27.9 Å². The van der Waals surface area contributed by atoms with E-state index in [9.17, 15) is 17.6 Å². The van der Waals surface area contributed by atoms with E-state index in [-0.39, 0.29) is 10.6 Å². The molecule has 0 bridgehead atoms. The topological polar surface area (TPSA) is 84.9 Å². The number of benzene rings is 2. The first-order valence-corrected chi connectivity index (χ1v) is 9.43. The summed E-state index contributed by atoms with van der Waals surface area (Å²) in [6.45, 7) is 1.52. The standard InChI is InChI=1S/C18H21FN2O5S/c1-12(26-14-7-5-13(19)6-8-14)18(22)20-16-11-15(9-10-17(16)25-4)27(23,24)21(2)3/h5-12H,1-4H3,(H,20,22)/t12-/m0/s1. The Morgan fingerprint density at radius 2 is 1.78 bits per heavy atom. The summed E-state index contributed by atoms with van der Waals surface area (Å²) in [7, 11) is 0.559. The molecule has 1 N–H and O–H groups in total. The lowest BCUT2D eigenvalue weighted by atomic mass is 10.2. The molecule has 0 unspecified atom stereocenters. The van der Waals surface area contributed by atoms with Gasteiger partial charge in [-0.1, -0.05) is 0 Å². The third kappa shape index (κ3) is 4.95. The maximum Gasteiger partial charge on any atom is 0.265 e. The fourth-order valence-electron chi connectivity index (χ4n) is 2.16. The Morgan fingerprint density at radius 3 is 2.33 bits per heavy atom. The lowest BCUT2D eigenvalue weighted by molar-refractivity contribution is -0.122. The van der Waals surface area contributed by atoms with Gasteiger partial charge in [0.1, 0.15) is 17.3 Å². The molecule has 1 atom stereocenters. The molecule has 146 valence electrons. The number of sulfonamides is 1. The second-order valence-electron chi connectivity index (χ2n) is 5.85. The number of anilines is 1. The highest BCUT2D eigenvalue weighted by Crippen LogP contribution is 2.28. The summed E-state index contributed by atoms with van der Waals surface area (Å²) in [4.78, 5) is 12.4. The molecule has 2 aromatic carbocycles. The second-order valence-corrected chi connectivity index (χ2v) is 8.00. The molecule has 9 heteroatoms. The fraction of sp³-hybridized carbons (Fsp3) is 0.278. The van der Waals surface area contributed by atoms with Crippen LogP contribution in [0.4, 0.5) is 10.1 Å². The van der Waals surface area contributed by atoms with Gasteiger partial charge in [0.2, 0.25) is 10.0 Å². The lowest BCUT2D eigenvalue weighted by Gasteiger charge is -2.18. The first kappa shape index (κ1) is 20.7. The van der Waals surface area contributed by atoms with E-state index in [1.54, 1.807) is 0 Å². The van der Waals surface area contributed by atoms with Crippen molar-refractivity contribution in [2.75, 3.05) is 26.5 Å². The van der Waals surface area contributed by atoms with Crippen LogP contribution < -0.4 is 14.8 Å². The molecule has 0 aliphatic rings. The number of nitrogens with zero attached hydrogens (tertiary/aromatic N) is 1. The molecule has 2 rings (SSSR count). The van der Waals surface area contributed by atoms with Gasteiger partial charge >= 0.3 is 0 Å². The minimum Gasteiger partial charge on any atom is -0.495 e. The zero-order valence-electron chi connectivity index (χ0n) is 15.4. The highest BCUT2D eigenvalue weighted by Gasteiger charge is 2.21. The Kier molecular flexibility index (Phi) is 6.40. The van der Waals surface area contributed by atoms with E-state index in [1.165, 1.54) is 70.6 Å². The Balaban J connectivity index is 2.21. The smallest absolute Gasteiger partial charge is 0.265 e. The van der Waals surface area contributed by atoms with Crippen LogP contribution in [0.5, 0.6) is 11.5 Å². The van der Waals surface area contributed by atoms with Crippen molar-refractivity contribution in [1.82, 2.24) is 4.31 Å². The number of hydrogen-bond acceptors (Lipinski definition) is 5. The van der Waals surface area contributed by atoms with Crippen LogP contribution in [-0.4, -0.2) is 45.9 Å². The summed E-state index contributed by atoms with van der Waals surface area (Å²) in [6.07, 6.45) is -0.908. The third-order valence-electron chi connectivity index (χ3n) is 3.70. The van der Waals surface area contributed by atoms with Gasteiger partial charge in [-0.15, -0.1) is 0 Å². The number of ether oxygens (including phenoxy) is 2. The van der Waals surface area contributed by atoms with Gasteiger partial charge in [-0.05, 0) is 49.4 Å². The van der Waals surface area contributed by atoms with Crippen molar-refractivity contribution in [3.05, 3.63) is 48.3 Å². The van der Waals surface area contributed by atoms with Crippen molar-refractivity contribution in [2.24, 2.45) is 0 Å². The van der Waals surface area contributed by atoms with Crippen LogP contribution in [0.15, 0.2) is 47.4 Å². The molecular weight excluding hydrogens is 375 g/mol. The third-order valence-corrected chi connectivity index (χ3v) is 5.51. The predicted molar refractivity (Wildman–Crippen MR) is 99.0 cm³/mol. The van der Waals surface area contributed by atoms with Crippen LogP contribution in [0.2, 0.25) is 0 Å². The molecule has 27 heavy (non-hydrogen) atoms. The van der Waals surface area contributed by atoms with Crippen LogP contribution in [0.1, 0.15) is 6.92 Å². The van der Waals surface area contributed by atoms with Crippen LogP contribution in [-0.2, 0) is 14.8 Å². The van der Waals surface area contributed by atoms with Gasteiger partial charge in [0.15, 0.2) is 6.10 Å². The molecule has 0 heterocycles. The molecule has 2 aromatic rings. The SMILES string of the molecule is COc1ccc(S(=O)(=O)N(C)C)cc1NC(=O)[C@H](C)Oc1ccc(F)cc1. The number of nitrogens with one attached hydrogen (secondary N) is 1. The molecule has 7 nitrogen and oxygen atoms in total. The second kappa shape index (κ2) is 8.36. The number of rotatable bonds is 7. The van der Waals surface area contributed by atoms with E-state index in [0.29, 0.717) is 11.5 Å². The minimum absolute atomic E-state index is 0.00991. The lowest BCUT2D eigenvalue weighted by Crippen LogP contribution is -2.30. The number of methoxy groups -OCH3 is 1. The molecule has 0 aromatic heterocycles. The van der Waals surface area contributed by atoms with E-state index in [0.717, 1.165) is 4.31 Å². The van der Waals surface area contributed by atoms with E-state index in [1.807, 2.05) is 0 Å². The molecule has 0 aliphatic heterocycles. The molecule has 0 saturated carbocycles. The zero-order chi connectivity index (χ0) is 20.2. The Labute approximate surface area is 157 Å². The van der Waals surface area contributed by atoms with Crippen LogP contribution >= 0.6 is 0 Å². The predicted octanol–water partition coefficient (Wildman–Crippen LogP) is 2.49. The van der Waals surface area contributed by atoms with E-state index >= 15 is 0 Å². The zero-order valence-corrected chi connectivity index (χ0v) is 16.2. The Hall–Kier alpha value is -2.65. The maximum atomic E-state index is 12.9. The fourth-order valence-corrected chi connectivity index (χ4v) is 3.09. The summed E-state index contributed by atoms with van der Waals surface area (Å²) < 4.78 is 49.2. The normalized spacial score (nSPS) is 12.5. The van der Waals surface area contributed by atoms with E-state index in [4.69, 9.17) is 9.47 Å². The number of hydrogen-bond donors (Lipinski definition) is 1. The molecular formula is C18H21FN2O5S. The summed E-state index contributed by atoms with van der Waals surface area (Å²) >= 11 is 0. The number of halogens is 1. The molecule has 0 spiro atoms. The Morgan fingerprint density at radius 1 is 1.15 bits per heavy atom. The number of carbonyl (C=O) groups is 1. The molecule has 0 aliphatic carbocycles. The quantitative estimate of drug-likeness (QED) is 0.777. The summed E-state index contributed by atoms with van der Waals surface area (Å²) in [5, 5.41) is 2.60. The van der Waals surface area contributed by atoms with Crippen molar-refractivity contribution in [1.29, 1.82) is 0 Å². The first-order valence-electron chi connectivity index (χ1n) is 7.99. The summed E-state index contributed by atoms with van der Waals surface area (Å²) in [5.41, 5.74) is 0.194. The minimum atomic E-state index is -3.67. The van der Waals surface area contributed by atoms with Crippen LogP contribution in [0.25, 0.3) is 0 Å². The monoisotopic (exact) mass is 396 g/mol. The van der Waals surface area contributed by atoms with Gasteiger partial charge in [0.05, 0.1) is 17.7 Å². The van der Waals surface area contributed by atoms with Gasteiger partial charge in [0, 0.05) is 14.1 Å². The number of carbonyl (C=O) groups excluding carboxylic acids is 1. The van der Waals surface area contributed by atoms with Gasteiger partial charge < -0.3 is 14.8 Å². The molecule has 0 saturated heterocycles. The molecule has 0 fully saturated rings. The largest absolute Gasteiger partial charge is 0.495 e. The van der Waals surface area contributed by atoms with Gasteiger partial charge in [-0.3, -0.25) is 4.79 Å². The maximum absolute atomic E-state index is 12.9. The average Bonchev–Trinajstić information content (AvgIpc) is 2.63. The van der Waals surface area contributed by atoms with Crippen molar-refractivity contribution in [2.45, 2.75) is 17.9 Å². The van der Waals surface area contributed by atoms with Crippen molar-refractivity contribution < 1.29 is 27.1 Å². The van der Waals surface area contributed by atoms with Crippen LogP contribution in [0, 0.1) is 5.82 Å². The van der Waals surface area contributed by atoms with Crippen LogP contribution in [0.3, 0.4) is 0 Å². The summed E-state index contributed by atoms with van der Waals surface area (Å²) in [6, 6.07) is 9.42. The Bertz CT molecular complexity index is 914.